The molecule has 0 aromatic rings. The van der Waals surface area contributed by atoms with Crippen LogP contribution in [0.3, 0.4) is 0 Å². The predicted octanol–water partition coefficient (Wildman–Crippen LogP) is 0.0182. The Hall–Kier alpha value is -0.140. The molecule has 0 aromatic heterocycles. The molecule has 1 aliphatic rings. The number of hydrogen-bond acceptors (Lipinski definition) is 5. The topological polar surface area (TPSA) is 108 Å². The van der Waals surface area contributed by atoms with Gasteiger partial charge in [0.1, 0.15) is 9.84 Å². The third-order valence-corrected chi connectivity index (χ3v) is 6.41. The van der Waals surface area contributed by atoms with Crippen LogP contribution in [0.25, 0.3) is 0 Å². The Morgan fingerprint density at radius 1 is 1.38 bits per heavy atom. The molecule has 1 saturated heterocycles. The summed E-state index contributed by atoms with van der Waals surface area (Å²) in [4.78, 5) is 4.37. The van der Waals surface area contributed by atoms with E-state index in [-0.39, 0.29) is 41.5 Å². The number of guanidine groups is 1. The molecule has 8 nitrogen and oxygen atoms in total. The molecule has 1 aliphatic heterocycles. The number of nitrogens with zero attached hydrogens (tertiary/aromatic N) is 2. The van der Waals surface area contributed by atoms with Crippen molar-refractivity contribution in [2.45, 2.75) is 32.7 Å². The SMILES string of the molecule is CCNC(=NCCN1CCCS1(=O)=O)NC(C)CCS(C)(=O)=O.I. The largest absolute Gasteiger partial charge is 0.357 e. The van der Waals surface area contributed by atoms with Crippen LogP contribution in [0.1, 0.15) is 26.7 Å². The first-order valence-electron chi connectivity index (χ1n) is 7.84. The number of halogens is 1. The second-order valence-corrected chi connectivity index (χ2v) is 10.1. The Morgan fingerprint density at radius 3 is 2.54 bits per heavy atom. The summed E-state index contributed by atoms with van der Waals surface area (Å²) in [5.74, 6) is 0.912. The Morgan fingerprint density at radius 2 is 2.04 bits per heavy atom. The van der Waals surface area contributed by atoms with E-state index >= 15 is 0 Å². The van der Waals surface area contributed by atoms with Crippen molar-refractivity contribution in [2.24, 2.45) is 4.99 Å². The minimum absolute atomic E-state index is 0. The van der Waals surface area contributed by atoms with Crippen LogP contribution in [0.2, 0.25) is 0 Å². The van der Waals surface area contributed by atoms with Crippen LogP contribution in [-0.4, -0.2) is 77.1 Å². The number of sulfone groups is 1. The van der Waals surface area contributed by atoms with E-state index in [1.54, 1.807) is 0 Å². The van der Waals surface area contributed by atoms with Gasteiger partial charge in [0.2, 0.25) is 10.0 Å². The normalized spacial score (nSPS) is 19.5. The van der Waals surface area contributed by atoms with Crippen molar-refractivity contribution in [1.82, 2.24) is 14.9 Å². The van der Waals surface area contributed by atoms with Crippen molar-refractivity contribution < 1.29 is 16.8 Å². The van der Waals surface area contributed by atoms with E-state index in [1.807, 2.05) is 13.8 Å². The summed E-state index contributed by atoms with van der Waals surface area (Å²) in [7, 11) is -6.07. The fourth-order valence-electron chi connectivity index (χ4n) is 2.23. The molecule has 1 heterocycles. The quantitative estimate of drug-likeness (QED) is 0.279. The fourth-order valence-corrected chi connectivity index (χ4v) is 4.53. The van der Waals surface area contributed by atoms with Crippen molar-refractivity contribution in [2.75, 3.05) is 43.9 Å². The summed E-state index contributed by atoms with van der Waals surface area (Å²) in [6.45, 7) is 5.80. The molecule has 0 amide bonds. The zero-order valence-corrected chi connectivity index (χ0v) is 18.4. The van der Waals surface area contributed by atoms with E-state index in [1.165, 1.54) is 10.6 Å². The van der Waals surface area contributed by atoms with Gasteiger partial charge >= 0.3 is 0 Å². The molecule has 1 unspecified atom stereocenters. The maximum Gasteiger partial charge on any atom is 0.214 e. The zero-order chi connectivity index (χ0) is 17.5. The van der Waals surface area contributed by atoms with Gasteiger partial charge in [-0.25, -0.2) is 21.1 Å². The predicted molar refractivity (Wildman–Crippen MR) is 108 cm³/mol. The van der Waals surface area contributed by atoms with E-state index in [2.05, 4.69) is 15.6 Å². The highest BCUT2D eigenvalue weighted by Crippen LogP contribution is 2.12. The maximum absolute atomic E-state index is 11.7. The van der Waals surface area contributed by atoms with Gasteiger partial charge in [0, 0.05) is 31.9 Å². The number of nitrogens with one attached hydrogen (secondary N) is 2. The van der Waals surface area contributed by atoms with Gasteiger partial charge in [0.15, 0.2) is 5.96 Å². The molecular weight excluding hydrogens is 467 g/mol. The van der Waals surface area contributed by atoms with Crippen LogP contribution in [-0.2, 0) is 19.9 Å². The lowest BCUT2D eigenvalue weighted by atomic mass is 10.3. The van der Waals surface area contributed by atoms with Gasteiger partial charge in [-0.1, -0.05) is 0 Å². The second kappa shape index (κ2) is 10.8. The lowest BCUT2D eigenvalue weighted by Gasteiger charge is -2.18. The molecule has 0 bridgehead atoms. The molecule has 1 rings (SSSR count). The minimum atomic E-state index is -3.09. The van der Waals surface area contributed by atoms with Crippen LogP contribution in [0.15, 0.2) is 4.99 Å². The summed E-state index contributed by atoms with van der Waals surface area (Å²) < 4.78 is 47.3. The van der Waals surface area contributed by atoms with Crippen LogP contribution in [0, 0.1) is 0 Å². The minimum Gasteiger partial charge on any atom is -0.357 e. The number of rotatable bonds is 8. The molecule has 0 spiro atoms. The molecule has 11 heteroatoms. The highest BCUT2D eigenvalue weighted by molar-refractivity contribution is 14.0. The summed E-state index contributed by atoms with van der Waals surface area (Å²) >= 11 is 0. The van der Waals surface area contributed by atoms with Crippen molar-refractivity contribution in [3.8, 4) is 0 Å². The first-order valence-corrected chi connectivity index (χ1v) is 11.5. The summed E-state index contributed by atoms with van der Waals surface area (Å²) in [5, 5.41) is 6.22. The molecule has 144 valence electrons. The van der Waals surface area contributed by atoms with Crippen LogP contribution in [0.4, 0.5) is 0 Å². The monoisotopic (exact) mass is 496 g/mol. The summed E-state index contributed by atoms with van der Waals surface area (Å²) in [6.07, 6.45) is 2.38. The van der Waals surface area contributed by atoms with Crippen LogP contribution < -0.4 is 10.6 Å². The molecular formula is C13H29IN4O4S2. The van der Waals surface area contributed by atoms with E-state index in [0.29, 0.717) is 45.0 Å². The van der Waals surface area contributed by atoms with Gasteiger partial charge in [0.25, 0.3) is 0 Å². The molecule has 24 heavy (non-hydrogen) atoms. The highest BCUT2D eigenvalue weighted by atomic mass is 127. The van der Waals surface area contributed by atoms with Crippen molar-refractivity contribution >= 4 is 49.8 Å². The van der Waals surface area contributed by atoms with Gasteiger partial charge < -0.3 is 10.6 Å². The Labute approximate surface area is 162 Å². The Bertz CT molecular complexity index is 607. The fraction of sp³-hybridized carbons (Fsp3) is 0.923. The third-order valence-electron chi connectivity index (χ3n) is 3.47. The number of sulfonamides is 1. The molecule has 1 atom stereocenters. The Kier molecular flexibility index (Phi) is 10.7. The molecule has 0 aliphatic carbocycles. The second-order valence-electron chi connectivity index (χ2n) is 5.79. The van der Waals surface area contributed by atoms with Gasteiger partial charge in [-0.2, -0.15) is 0 Å². The van der Waals surface area contributed by atoms with E-state index in [0.717, 1.165) is 0 Å². The molecule has 2 N–H and O–H groups in total. The molecule has 0 saturated carbocycles. The van der Waals surface area contributed by atoms with Crippen molar-refractivity contribution in [3.05, 3.63) is 0 Å². The van der Waals surface area contributed by atoms with Gasteiger partial charge in [-0.05, 0) is 26.7 Å². The average Bonchev–Trinajstić information content (AvgIpc) is 2.75. The first kappa shape index (κ1) is 23.9. The van der Waals surface area contributed by atoms with Crippen molar-refractivity contribution in [1.29, 1.82) is 0 Å². The lowest BCUT2D eigenvalue weighted by molar-refractivity contribution is 0.451. The van der Waals surface area contributed by atoms with Gasteiger partial charge in [0.05, 0.1) is 18.1 Å². The standard InChI is InChI=1S/C13H28N4O4S2.HI/c1-4-14-13(16-12(2)6-11-22(3,18)19)15-7-9-17-8-5-10-23(17,20)21;/h12H,4-11H2,1-3H3,(H2,14,15,16);1H. The number of hydrogen-bond donors (Lipinski definition) is 2. The van der Waals surface area contributed by atoms with E-state index in [4.69, 9.17) is 0 Å². The average molecular weight is 496 g/mol. The lowest BCUT2D eigenvalue weighted by Crippen LogP contribution is -2.43. The zero-order valence-electron chi connectivity index (χ0n) is 14.5. The first-order chi connectivity index (χ1) is 10.6. The maximum atomic E-state index is 11.7. The molecule has 0 radical (unpaired) electrons. The third kappa shape index (κ3) is 9.37. The molecule has 0 aromatic carbocycles. The summed E-state index contributed by atoms with van der Waals surface area (Å²) in [5.41, 5.74) is 0. The van der Waals surface area contributed by atoms with Crippen LogP contribution >= 0.6 is 24.0 Å². The Balaban J connectivity index is 0.00000529. The van der Waals surface area contributed by atoms with E-state index < -0.39 is 19.9 Å². The van der Waals surface area contributed by atoms with Crippen molar-refractivity contribution in [3.63, 3.8) is 0 Å². The van der Waals surface area contributed by atoms with Gasteiger partial charge in [-0.15, -0.1) is 24.0 Å². The smallest absolute Gasteiger partial charge is 0.214 e. The van der Waals surface area contributed by atoms with Crippen LogP contribution in [0.5, 0.6) is 0 Å². The molecule has 1 fully saturated rings. The number of aliphatic imine (C=N–C) groups is 1. The van der Waals surface area contributed by atoms with E-state index in [9.17, 15) is 16.8 Å². The summed E-state index contributed by atoms with van der Waals surface area (Å²) in [6, 6.07) is -0.0435. The highest BCUT2D eigenvalue weighted by Gasteiger charge is 2.27. The van der Waals surface area contributed by atoms with Gasteiger partial charge in [-0.3, -0.25) is 4.99 Å².